The summed E-state index contributed by atoms with van der Waals surface area (Å²) in [7, 11) is 0. The van der Waals surface area contributed by atoms with Crippen molar-refractivity contribution in [2.45, 2.75) is 40.0 Å². The molecule has 2 atom stereocenters. The highest BCUT2D eigenvalue weighted by molar-refractivity contribution is 6.09. The van der Waals surface area contributed by atoms with Crippen LogP contribution in [0.15, 0.2) is 5.16 Å². The van der Waals surface area contributed by atoms with Crippen LogP contribution in [0, 0.1) is 11.3 Å². The van der Waals surface area contributed by atoms with Gasteiger partial charge in [0.25, 0.3) is 0 Å². The molecule has 0 bridgehead atoms. The van der Waals surface area contributed by atoms with Crippen molar-refractivity contribution < 1.29 is 10.0 Å². The molecular weight excluding hydrogens is 166 g/mol. The minimum atomic E-state index is -0.521. The second-order valence-electron chi connectivity index (χ2n) is 4.17. The number of hydrogen-bond donors (Lipinski definition) is 1. The molecular formula is C10H17NO2. The predicted octanol–water partition coefficient (Wildman–Crippen LogP) is 2.23. The van der Waals surface area contributed by atoms with Crippen molar-refractivity contribution >= 4 is 11.5 Å². The average molecular weight is 183 g/mol. The lowest BCUT2D eigenvalue weighted by atomic mass is 9.67. The molecule has 1 saturated carbocycles. The van der Waals surface area contributed by atoms with Crippen molar-refractivity contribution in [2.24, 2.45) is 16.5 Å². The topological polar surface area (TPSA) is 49.7 Å². The van der Waals surface area contributed by atoms with Crippen molar-refractivity contribution in [1.82, 2.24) is 0 Å². The van der Waals surface area contributed by atoms with Gasteiger partial charge in [-0.3, -0.25) is 4.79 Å². The summed E-state index contributed by atoms with van der Waals surface area (Å²) < 4.78 is 0. The molecule has 1 N–H and O–H groups in total. The Kier molecular flexibility index (Phi) is 2.74. The van der Waals surface area contributed by atoms with E-state index < -0.39 is 5.41 Å². The molecule has 0 aromatic rings. The summed E-state index contributed by atoms with van der Waals surface area (Å²) in [5, 5.41) is 12.2. The maximum Gasteiger partial charge on any atom is 0.141 e. The van der Waals surface area contributed by atoms with Crippen LogP contribution in [0.2, 0.25) is 0 Å². The summed E-state index contributed by atoms with van der Waals surface area (Å²) in [4.78, 5) is 11.4. The number of oxime groups is 1. The summed E-state index contributed by atoms with van der Waals surface area (Å²) >= 11 is 0. The van der Waals surface area contributed by atoms with E-state index in [2.05, 4.69) is 5.16 Å². The zero-order valence-corrected chi connectivity index (χ0v) is 8.50. The van der Waals surface area contributed by atoms with Gasteiger partial charge in [-0.25, -0.2) is 0 Å². The third kappa shape index (κ3) is 1.60. The van der Waals surface area contributed by atoms with E-state index in [9.17, 15) is 4.79 Å². The van der Waals surface area contributed by atoms with E-state index in [1.807, 2.05) is 13.8 Å². The SMILES string of the molecule is CC(=O)C1(C)CCCC(C)/C1=N/O. The number of nitrogens with zero attached hydrogens (tertiary/aromatic N) is 1. The molecule has 0 aromatic heterocycles. The van der Waals surface area contributed by atoms with E-state index in [1.54, 1.807) is 6.92 Å². The summed E-state index contributed by atoms with van der Waals surface area (Å²) in [5.74, 6) is 0.333. The lowest BCUT2D eigenvalue weighted by Crippen LogP contribution is -2.41. The Bertz CT molecular complexity index is 247. The standard InChI is InChI=1S/C10H17NO2/c1-7-5-4-6-10(3,8(2)12)9(7)11-13/h7,13H,4-6H2,1-3H3/b11-9-. The van der Waals surface area contributed by atoms with Gasteiger partial charge in [-0.1, -0.05) is 18.5 Å². The highest BCUT2D eigenvalue weighted by Crippen LogP contribution is 2.37. The van der Waals surface area contributed by atoms with Gasteiger partial charge in [-0.2, -0.15) is 0 Å². The van der Waals surface area contributed by atoms with E-state index >= 15 is 0 Å². The first-order valence-electron chi connectivity index (χ1n) is 4.76. The number of hydrogen-bond acceptors (Lipinski definition) is 3. The van der Waals surface area contributed by atoms with Crippen LogP contribution in [0.4, 0.5) is 0 Å². The Labute approximate surface area is 78.8 Å². The zero-order valence-electron chi connectivity index (χ0n) is 8.50. The monoisotopic (exact) mass is 183 g/mol. The van der Waals surface area contributed by atoms with E-state index in [1.165, 1.54) is 0 Å². The maximum absolute atomic E-state index is 11.4. The maximum atomic E-state index is 11.4. The third-order valence-corrected chi connectivity index (χ3v) is 3.23. The lowest BCUT2D eigenvalue weighted by Gasteiger charge is -2.35. The Morgan fingerprint density at radius 3 is 2.69 bits per heavy atom. The molecule has 1 fully saturated rings. The normalized spacial score (nSPS) is 37.8. The fourth-order valence-electron chi connectivity index (χ4n) is 2.14. The van der Waals surface area contributed by atoms with E-state index in [0.717, 1.165) is 19.3 Å². The average Bonchev–Trinajstić information content (AvgIpc) is 2.04. The van der Waals surface area contributed by atoms with Gasteiger partial charge in [0.15, 0.2) is 0 Å². The molecule has 74 valence electrons. The molecule has 1 rings (SSSR count). The molecule has 0 spiro atoms. The Balaban J connectivity index is 3.01. The van der Waals surface area contributed by atoms with Gasteiger partial charge in [0.1, 0.15) is 5.78 Å². The van der Waals surface area contributed by atoms with Crippen molar-refractivity contribution in [1.29, 1.82) is 0 Å². The van der Waals surface area contributed by atoms with Gasteiger partial charge < -0.3 is 5.21 Å². The summed E-state index contributed by atoms with van der Waals surface area (Å²) in [6.07, 6.45) is 2.87. The molecule has 2 unspecified atom stereocenters. The van der Waals surface area contributed by atoms with Crippen molar-refractivity contribution in [3.8, 4) is 0 Å². The van der Waals surface area contributed by atoms with Crippen LogP contribution in [0.3, 0.4) is 0 Å². The predicted molar refractivity (Wildman–Crippen MR) is 51.0 cm³/mol. The number of Topliss-reactive ketones (excluding diaryl/α,β-unsaturated/α-hetero) is 1. The van der Waals surface area contributed by atoms with Crippen LogP contribution >= 0.6 is 0 Å². The van der Waals surface area contributed by atoms with E-state index in [4.69, 9.17) is 5.21 Å². The molecule has 0 radical (unpaired) electrons. The quantitative estimate of drug-likeness (QED) is 0.500. The van der Waals surface area contributed by atoms with Gasteiger partial charge in [0, 0.05) is 0 Å². The van der Waals surface area contributed by atoms with Crippen LogP contribution in [-0.2, 0) is 4.79 Å². The van der Waals surface area contributed by atoms with Crippen LogP contribution in [0.1, 0.15) is 40.0 Å². The first-order valence-corrected chi connectivity index (χ1v) is 4.76. The first-order chi connectivity index (χ1) is 6.02. The van der Waals surface area contributed by atoms with Crippen molar-refractivity contribution in [3.05, 3.63) is 0 Å². The number of rotatable bonds is 1. The van der Waals surface area contributed by atoms with Crippen molar-refractivity contribution in [3.63, 3.8) is 0 Å². The van der Waals surface area contributed by atoms with Crippen LogP contribution in [0.25, 0.3) is 0 Å². The molecule has 13 heavy (non-hydrogen) atoms. The highest BCUT2D eigenvalue weighted by atomic mass is 16.4. The zero-order chi connectivity index (χ0) is 10.1. The molecule has 1 aliphatic carbocycles. The smallest absolute Gasteiger partial charge is 0.141 e. The van der Waals surface area contributed by atoms with E-state index in [0.29, 0.717) is 5.71 Å². The van der Waals surface area contributed by atoms with Crippen LogP contribution in [0.5, 0.6) is 0 Å². The van der Waals surface area contributed by atoms with Gasteiger partial charge in [-0.05, 0) is 32.6 Å². The molecule has 1 aliphatic rings. The molecule has 0 amide bonds. The van der Waals surface area contributed by atoms with Gasteiger partial charge >= 0.3 is 0 Å². The van der Waals surface area contributed by atoms with E-state index in [-0.39, 0.29) is 11.7 Å². The third-order valence-electron chi connectivity index (χ3n) is 3.23. The molecule has 0 heterocycles. The highest BCUT2D eigenvalue weighted by Gasteiger charge is 2.41. The van der Waals surface area contributed by atoms with Gasteiger partial charge in [-0.15, -0.1) is 0 Å². The van der Waals surface area contributed by atoms with Crippen LogP contribution < -0.4 is 0 Å². The minimum absolute atomic E-state index is 0.104. The largest absolute Gasteiger partial charge is 0.411 e. The first kappa shape index (κ1) is 10.2. The fourth-order valence-corrected chi connectivity index (χ4v) is 2.14. The Morgan fingerprint density at radius 1 is 1.69 bits per heavy atom. The molecule has 3 heteroatoms. The summed E-state index contributed by atoms with van der Waals surface area (Å²) in [6.45, 7) is 5.46. The molecule has 0 aliphatic heterocycles. The number of carbonyl (C=O) groups excluding carboxylic acids is 1. The molecule has 3 nitrogen and oxygen atoms in total. The minimum Gasteiger partial charge on any atom is -0.411 e. The Morgan fingerprint density at radius 2 is 2.31 bits per heavy atom. The second-order valence-corrected chi connectivity index (χ2v) is 4.17. The van der Waals surface area contributed by atoms with Crippen molar-refractivity contribution in [2.75, 3.05) is 0 Å². The lowest BCUT2D eigenvalue weighted by molar-refractivity contribution is -0.123. The number of ketones is 1. The molecule has 0 aromatic carbocycles. The van der Waals surface area contributed by atoms with Gasteiger partial charge in [0.2, 0.25) is 0 Å². The number of carbonyl (C=O) groups is 1. The summed E-state index contributed by atoms with van der Waals surface area (Å²) in [5.41, 5.74) is 0.137. The van der Waals surface area contributed by atoms with Gasteiger partial charge in [0.05, 0.1) is 11.1 Å². The Hall–Kier alpha value is -0.860. The second kappa shape index (κ2) is 3.48. The summed E-state index contributed by atoms with van der Waals surface area (Å²) in [6, 6.07) is 0. The fraction of sp³-hybridized carbons (Fsp3) is 0.800. The van der Waals surface area contributed by atoms with Crippen LogP contribution in [-0.4, -0.2) is 16.7 Å². The molecule has 0 saturated heterocycles.